The summed E-state index contributed by atoms with van der Waals surface area (Å²) in [5.41, 5.74) is 2.41. The van der Waals surface area contributed by atoms with Crippen LogP contribution < -0.4 is 15.4 Å². The third kappa shape index (κ3) is 4.31. The van der Waals surface area contributed by atoms with Crippen LogP contribution in [-0.4, -0.2) is 32.4 Å². The van der Waals surface area contributed by atoms with Crippen molar-refractivity contribution in [3.63, 3.8) is 0 Å². The number of sulfonamides is 1. The molecule has 1 aliphatic heterocycles. The summed E-state index contributed by atoms with van der Waals surface area (Å²) in [6, 6.07) is 14.2. The van der Waals surface area contributed by atoms with Gasteiger partial charge in [0.25, 0.3) is 6.01 Å². The number of rotatable bonds is 5. The molecule has 0 radical (unpaired) electrons. The van der Waals surface area contributed by atoms with Gasteiger partial charge < -0.3 is 14.6 Å². The van der Waals surface area contributed by atoms with Crippen LogP contribution in [0.4, 0.5) is 6.01 Å². The van der Waals surface area contributed by atoms with Crippen molar-refractivity contribution in [2.24, 2.45) is 11.1 Å². The standard InChI is InChI=1S/C21H24N4O4S/c1-14(15-6-8-17(9-7-15)30(22,27)28)23-20(26)16-10-12-25(13-11-16)21-24-18-4-2-3-5-19(18)29-21/h2-9,14,16H,10-13H2,1H3,(H,23,26)(H2,22,27,28). The Morgan fingerprint density at radius 3 is 2.47 bits per heavy atom. The van der Waals surface area contributed by atoms with Crippen molar-refractivity contribution in [2.45, 2.75) is 30.7 Å². The Kier molecular flexibility index (Phi) is 5.48. The van der Waals surface area contributed by atoms with Gasteiger partial charge in [-0.05, 0) is 49.6 Å². The zero-order chi connectivity index (χ0) is 21.3. The highest BCUT2D eigenvalue weighted by molar-refractivity contribution is 7.89. The quantitative estimate of drug-likeness (QED) is 0.645. The summed E-state index contributed by atoms with van der Waals surface area (Å²) in [6.07, 6.45) is 1.42. The highest BCUT2D eigenvalue weighted by atomic mass is 32.2. The van der Waals surface area contributed by atoms with Crippen molar-refractivity contribution in [1.82, 2.24) is 10.3 Å². The van der Waals surface area contributed by atoms with E-state index in [-0.39, 0.29) is 22.8 Å². The summed E-state index contributed by atoms with van der Waals surface area (Å²) >= 11 is 0. The molecule has 0 spiro atoms. The van der Waals surface area contributed by atoms with Gasteiger partial charge in [0.15, 0.2) is 5.58 Å². The molecule has 1 aliphatic rings. The van der Waals surface area contributed by atoms with Gasteiger partial charge in [-0.15, -0.1) is 0 Å². The Hall–Kier alpha value is -2.91. The van der Waals surface area contributed by atoms with Crippen LogP contribution >= 0.6 is 0 Å². The molecule has 9 heteroatoms. The lowest BCUT2D eigenvalue weighted by Crippen LogP contribution is -2.41. The second kappa shape index (κ2) is 8.08. The van der Waals surface area contributed by atoms with Crippen LogP contribution in [0.25, 0.3) is 11.1 Å². The second-order valence-electron chi connectivity index (χ2n) is 7.57. The van der Waals surface area contributed by atoms with E-state index >= 15 is 0 Å². The van der Waals surface area contributed by atoms with E-state index in [0.717, 1.165) is 16.7 Å². The fourth-order valence-electron chi connectivity index (χ4n) is 3.69. The molecule has 8 nitrogen and oxygen atoms in total. The maximum absolute atomic E-state index is 12.7. The number of anilines is 1. The topological polar surface area (TPSA) is 119 Å². The van der Waals surface area contributed by atoms with E-state index in [1.807, 2.05) is 31.2 Å². The Bertz CT molecular complexity index is 1120. The lowest BCUT2D eigenvalue weighted by molar-refractivity contribution is -0.126. The highest BCUT2D eigenvalue weighted by Gasteiger charge is 2.28. The van der Waals surface area contributed by atoms with Crippen LogP contribution in [-0.2, 0) is 14.8 Å². The predicted molar refractivity (Wildman–Crippen MR) is 113 cm³/mol. The lowest BCUT2D eigenvalue weighted by atomic mass is 9.95. The molecule has 1 fully saturated rings. The third-order valence-electron chi connectivity index (χ3n) is 5.49. The van der Waals surface area contributed by atoms with Gasteiger partial charge in [0.05, 0.1) is 10.9 Å². The van der Waals surface area contributed by atoms with E-state index in [2.05, 4.69) is 15.2 Å². The van der Waals surface area contributed by atoms with Crippen LogP contribution in [0.3, 0.4) is 0 Å². The molecule has 2 heterocycles. The van der Waals surface area contributed by atoms with Gasteiger partial charge in [-0.1, -0.05) is 24.3 Å². The number of hydrogen-bond donors (Lipinski definition) is 2. The number of para-hydroxylation sites is 2. The van der Waals surface area contributed by atoms with E-state index in [9.17, 15) is 13.2 Å². The summed E-state index contributed by atoms with van der Waals surface area (Å²) < 4.78 is 28.6. The molecular weight excluding hydrogens is 404 g/mol. The van der Waals surface area contributed by atoms with Gasteiger partial charge in [0.2, 0.25) is 15.9 Å². The van der Waals surface area contributed by atoms with Crippen molar-refractivity contribution in [1.29, 1.82) is 0 Å². The molecule has 0 bridgehead atoms. The fraction of sp³-hybridized carbons (Fsp3) is 0.333. The number of aromatic nitrogens is 1. The van der Waals surface area contributed by atoms with Crippen molar-refractivity contribution in [3.05, 3.63) is 54.1 Å². The molecule has 0 aliphatic carbocycles. The number of carbonyl (C=O) groups excluding carboxylic acids is 1. The number of nitrogens with zero attached hydrogens (tertiary/aromatic N) is 2. The number of oxazole rings is 1. The molecule has 30 heavy (non-hydrogen) atoms. The predicted octanol–water partition coefficient (Wildman–Crippen LogP) is 2.57. The number of nitrogens with one attached hydrogen (secondary N) is 1. The van der Waals surface area contributed by atoms with E-state index in [4.69, 9.17) is 9.56 Å². The first-order valence-electron chi connectivity index (χ1n) is 9.85. The minimum atomic E-state index is -3.73. The van der Waals surface area contributed by atoms with Gasteiger partial charge in [-0.25, -0.2) is 13.6 Å². The zero-order valence-electron chi connectivity index (χ0n) is 16.6. The number of primary sulfonamides is 1. The smallest absolute Gasteiger partial charge is 0.298 e. The van der Waals surface area contributed by atoms with Gasteiger partial charge in [0, 0.05) is 19.0 Å². The minimum Gasteiger partial charge on any atom is -0.423 e. The van der Waals surface area contributed by atoms with Crippen molar-refractivity contribution in [3.8, 4) is 0 Å². The summed E-state index contributed by atoms with van der Waals surface area (Å²) in [6.45, 7) is 3.27. The van der Waals surface area contributed by atoms with Crippen LogP contribution in [0, 0.1) is 5.92 Å². The molecule has 158 valence electrons. The molecule has 3 N–H and O–H groups in total. The summed E-state index contributed by atoms with van der Waals surface area (Å²) in [7, 11) is -3.73. The summed E-state index contributed by atoms with van der Waals surface area (Å²) in [5.74, 6) is -0.0907. The fourth-order valence-corrected chi connectivity index (χ4v) is 4.20. The molecule has 1 atom stereocenters. The van der Waals surface area contributed by atoms with Gasteiger partial charge >= 0.3 is 0 Å². The van der Waals surface area contributed by atoms with Crippen molar-refractivity contribution in [2.75, 3.05) is 18.0 Å². The van der Waals surface area contributed by atoms with Crippen molar-refractivity contribution >= 4 is 33.0 Å². The van der Waals surface area contributed by atoms with Crippen LogP contribution in [0.15, 0.2) is 57.8 Å². The molecule has 0 saturated carbocycles. The number of piperidine rings is 1. The Balaban J connectivity index is 1.33. The van der Waals surface area contributed by atoms with Crippen LogP contribution in [0.5, 0.6) is 0 Å². The van der Waals surface area contributed by atoms with Crippen molar-refractivity contribution < 1.29 is 17.6 Å². The molecule has 1 saturated heterocycles. The van der Waals surface area contributed by atoms with Crippen LogP contribution in [0.1, 0.15) is 31.4 Å². The Morgan fingerprint density at radius 2 is 1.83 bits per heavy atom. The molecule has 1 amide bonds. The zero-order valence-corrected chi connectivity index (χ0v) is 17.4. The number of fused-ring (bicyclic) bond motifs is 1. The van der Waals surface area contributed by atoms with Gasteiger partial charge in [0.1, 0.15) is 5.52 Å². The minimum absolute atomic E-state index is 0.00441. The first-order chi connectivity index (χ1) is 14.3. The average Bonchev–Trinajstić information content (AvgIpc) is 3.17. The summed E-state index contributed by atoms with van der Waals surface area (Å²) in [5, 5.41) is 8.15. The molecule has 3 aromatic rings. The molecule has 1 unspecified atom stereocenters. The van der Waals surface area contributed by atoms with E-state index in [1.54, 1.807) is 12.1 Å². The lowest BCUT2D eigenvalue weighted by Gasteiger charge is -2.30. The van der Waals surface area contributed by atoms with E-state index in [1.165, 1.54) is 12.1 Å². The van der Waals surface area contributed by atoms with E-state index < -0.39 is 10.0 Å². The summed E-state index contributed by atoms with van der Waals surface area (Å²) in [4.78, 5) is 19.4. The Labute approximate surface area is 175 Å². The maximum atomic E-state index is 12.7. The third-order valence-corrected chi connectivity index (χ3v) is 6.42. The van der Waals surface area contributed by atoms with Crippen LogP contribution in [0.2, 0.25) is 0 Å². The SMILES string of the molecule is CC(NC(=O)C1CCN(c2nc3ccccc3o2)CC1)c1ccc(S(N)(=O)=O)cc1. The maximum Gasteiger partial charge on any atom is 0.298 e. The molecule has 2 aromatic carbocycles. The molecule has 4 rings (SSSR count). The number of carbonyl (C=O) groups is 1. The molecule has 1 aromatic heterocycles. The van der Waals surface area contributed by atoms with Gasteiger partial charge in [-0.2, -0.15) is 4.98 Å². The van der Waals surface area contributed by atoms with E-state index in [0.29, 0.717) is 31.9 Å². The number of benzene rings is 2. The number of amides is 1. The largest absolute Gasteiger partial charge is 0.423 e. The average molecular weight is 429 g/mol. The number of nitrogens with two attached hydrogens (primary N) is 1. The first kappa shape index (κ1) is 20.4. The highest BCUT2D eigenvalue weighted by Crippen LogP contribution is 2.27. The second-order valence-corrected chi connectivity index (χ2v) is 9.13. The number of hydrogen-bond acceptors (Lipinski definition) is 6. The normalized spacial score (nSPS) is 16.5. The first-order valence-corrected chi connectivity index (χ1v) is 11.4. The molecular formula is C21H24N4O4S. The Morgan fingerprint density at radius 1 is 1.17 bits per heavy atom. The van der Waals surface area contributed by atoms with Gasteiger partial charge in [-0.3, -0.25) is 4.79 Å². The monoisotopic (exact) mass is 428 g/mol.